The largest absolute Gasteiger partial charge is 0.324 e. The number of likely N-dealkylation sites (tertiary alicyclic amines) is 1. The molecular weight excluding hydrogens is 402 g/mol. The molecule has 152 valence electrons. The summed E-state index contributed by atoms with van der Waals surface area (Å²) in [6.45, 7) is 3.32. The van der Waals surface area contributed by atoms with Crippen LogP contribution in [-0.4, -0.2) is 46.8 Å². The molecule has 7 heteroatoms. The van der Waals surface area contributed by atoms with Gasteiger partial charge in [-0.25, -0.2) is 4.79 Å². The van der Waals surface area contributed by atoms with Gasteiger partial charge in [-0.05, 0) is 68.0 Å². The van der Waals surface area contributed by atoms with Gasteiger partial charge in [0.1, 0.15) is 0 Å². The van der Waals surface area contributed by atoms with E-state index in [9.17, 15) is 9.59 Å². The van der Waals surface area contributed by atoms with Crippen molar-refractivity contribution in [3.63, 3.8) is 0 Å². The van der Waals surface area contributed by atoms with Crippen molar-refractivity contribution >= 4 is 46.8 Å². The molecule has 0 atom stereocenters. The predicted molar refractivity (Wildman–Crippen MR) is 122 cm³/mol. The predicted octanol–water partition coefficient (Wildman–Crippen LogP) is 4.82. The van der Waals surface area contributed by atoms with Crippen LogP contribution in [0.5, 0.6) is 0 Å². The van der Waals surface area contributed by atoms with Crippen molar-refractivity contribution in [1.82, 2.24) is 4.90 Å². The summed E-state index contributed by atoms with van der Waals surface area (Å²) in [5.41, 5.74) is 2.92. The van der Waals surface area contributed by atoms with Gasteiger partial charge in [0.05, 0.1) is 10.6 Å². The number of thioether (sulfide) groups is 2. The van der Waals surface area contributed by atoms with Gasteiger partial charge in [0, 0.05) is 29.4 Å². The summed E-state index contributed by atoms with van der Waals surface area (Å²) in [7, 11) is 0. The van der Waals surface area contributed by atoms with Gasteiger partial charge in [-0.15, -0.1) is 23.5 Å². The van der Waals surface area contributed by atoms with Crippen molar-refractivity contribution in [1.29, 1.82) is 0 Å². The first kappa shape index (κ1) is 20.2. The Hall–Kier alpha value is -2.12. The monoisotopic (exact) mass is 427 g/mol. The van der Waals surface area contributed by atoms with Crippen molar-refractivity contribution in [3.8, 4) is 0 Å². The Morgan fingerprint density at radius 2 is 1.86 bits per heavy atom. The number of hydrogen-bond donors (Lipinski definition) is 1. The van der Waals surface area contributed by atoms with Crippen LogP contribution in [0.1, 0.15) is 18.4 Å². The van der Waals surface area contributed by atoms with Crippen LogP contribution in [0.3, 0.4) is 0 Å². The smallest absolute Gasteiger partial charge is 0.321 e. The summed E-state index contributed by atoms with van der Waals surface area (Å²) in [6.07, 6.45) is 3.58. The number of aryl methyl sites for hydroxylation is 1. The average molecular weight is 428 g/mol. The summed E-state index contributed by atoms with van der Waals surface area (Å²) < 4.78 is 0. The number of anilines is 2. The van der Waals surface area contributed by atoms with Crippen LogP contribution in [0.25, 0.3) is 0 Å². The van der Waals surface area contributed by atoms with E-state index in [0.29, 0.717) is 18.8 Å². The molecule has 2 heterocycles. The standard InChI is InChI=1S/C22H25N3O2S2/c1-16-4-3-5-18(14-16)25-20(26)15-29-22(25)10-12-24(13-11-22)21(27)23-17-6-8-19(28-2)9-7-17/h3-9,14H,10-13,15H2,1-2H3,(H,23,27). The third-order valence-corrected chi connectivity index (χ3v) is 7.82. The number of urea groups is 1. The number of rotatable bonds is 3. The summed E-state index contributed by atoms with van der Waals surface area (Å²) in [5.74, 6) is 0.662. The minimum atomic E-state index is -0.248. The van der Waals surface area contributed by atoms with Crippen LogP contribution in [0.15, 0.2) is 53.4 Å². The third-order valence-electron chi connectivity index (χ3n) is 5.55. The first-order valence-corrected chi connectivity index (χ1v) is 12.0. The molecule has 2 aromatic carbocycles. The Labute approximate surface area is 180 Å². The Kier molecular flexibility index (Phi) is 5.79. The van der Waals surface area contributed by atoms with Crippen molar-refractivity contribution < 1.29 is 9.59 Å². The molecule has 0 aromatic heterocycles. The Morgan fingerprint density at radius 3 is 2.52 bits per heavy atom. The zero-order chi connectivity index (χ0) is 20.4. The van der Waals surface area contributed by atoms with Gasteiger partial charge in [0.2, 0.25) is 5.91 Å². The summed E-state index contributed by atoms with van der Waals surface area (Å²) in [4.78, 5) is 30.1. The van der Waals surface area contributed by atoms with E-state index in [1.165, 1.54) is 4.90 Å². The van der Waals surface area contributed by atoms with Crippen LogP contribution < -0.4 is 10.2 Å². The maximum atomic E-state index is 12.7. The zero-order valence-corrected chi connectivity index (χ0v) is 18.3. The molecule has 2 aromatic rings. The summed E-state index contributed by atoms with van der Waals surface area (Å²) >= 11 is 3.40. The molecule has 3 amide bonds. The fourth-order valence-corrected chi connectivity index (χ4v) is 5.74. The molecule has 29 heavy (non-hydrogen) atoms. The number of carbonyl (C=O) groups excluding carboxylic acids is 2. The topological polar surface area (TPSA) is 52.7 Å². The summed E-state index contributed by atoms with van der Waals surface area (Å²) in [6, 6.07) is 15.9. The molecule has 1 N–H and O–H groups in total. The quantitative estimate of drug-likeness (QED) is 0.714. The fourth-order valence-electron chi connectivity index (χ4n) is 4.00. The van der Waals surface area contributed by atoms with E-state index in [0.717, 1.165) is 29.8 Å². The number of nitrogens with one attached hydrogen (secondary N) is 1. The Morgan fingerprint density at radius 1 is 1.14 bits per heavy atom. The molecule has 0 radical (unpaired) electrons. The van der Waals surface area contributed by atoms with Crippen molar-refractivity contribution in [2.24, 2.45) is 0 Å². The number of nitrogens with zero attached hydrogens (tertiary/aromatic N) is 2. The molecule has 5 nitrogen and oxygen atoms in total. The molecule has 1 spiro atoms. The lowest BCUT2D eigenvalue weighted by Gasteiger charge is -2.44. The zero-order valence-electron chi connectivity index (χ0n) is 16.7. The van der Waals surface area contributed by atoms with E-state index in [2.05, 4.69) is 11.4 Å². The molecule has 2 saturated heterocycles. The molecule has 0 unspecified atom stereocenters. The van der Waals surface area contributed by atoms with Gasteiger partial charge in [-0.2, -0.15) is 0 Å². The maximum absolute atomic E-state index is 12.7. The van der Waals surface area contributed by atoms with Crippen molar-refractivity contribution in [3.05, 3.63) is 54.1 Å². The van der Waals surface area contributed by atoms with Crippen molar-refractivity contribution in [2.75, 3.05) is 35.3 Å². The van der Waals surface area contributed by atoms with E-state index < -0.39 is 0 Å². The van der Waals surface area contributed by atoms with Crippen LogP contribution in [-0.2, 0) is 4.79 Å². The summed E-state index contributed by atoms with van der Waals surface area (Å²) in [5, 5.41) is 2.99. The highest BCUT2D eigenvalue weighted by atomic mass is 32.2. The van der Waals surface area contributed by atoms with E-state index in [4.69, 9.17) is 0 Å². The molecule has 4 rings (SSSR count). The lowest BCUT2D eigenvalue weighted by atomic mass is 10.0. The van der Waals surface area contributed by atoms with E-state index >= 15 is 0 Å². The van der Waals surface area contributed by atoms with Crippen LogP contribution in [0.4, 0.5) is 16.2 Å². The molecule has 2 fully saturated rings. The van der Waals surface area contributed by atoms with Crippen LogP contribution >= 0.6 is 23.5 Å². The second-order valence-electron chi connectivity index (χ2n) is 7.45. The molecular formula is C22H25N3O2S2. The van der Waals surface area contributed by atoms with Gasteiger partial charge in [0.25, 0.3) is 0 Å². The van der Waals surface area contributed by atoms with Gasteiger partial charge < -0.3 is 10.2 Å². The van der Waals surface area contributed by atoms with E-state index in [1.807, 2.05) is 65.4 Å². The normalized spacial score (nSPS) is 18.3. The number of piperidine rings is 1. The van der Waals surface area contributed by atoms with E-state index in [1.54, 1.807) is 23.5 Å². The Balaban J connectivity index is 1.43. The Bertz CT molecular complexity index is 909. The first-order chi connectivity index (χ1) is 14.0. The molecule has 0 bridgehead atoms. The molecule has 2 aliphatic rings. The third kappa shape index (κ3) is 4.12. The van der Waals surface area contributed by atoms with Crippen LogP contribution in [0.2, 0.25) is 0 Å². The SMILES string of the molecule is CSc1ccc(NC(=O)N2CCC3(CC2)SCC(=O)N3c2cccc(C)c2)cc1. The average Bonchev–Trinajstić information content (AvgIpc) is 3.04. The number of amides is 3. The lowest BCUT2D eigenvalue weighted by Crippen LogP contribution is -2.53. The maximum Gasteiger partial charge on any atom is 0.321 e. The van der Waals surface area contributed by atoms with Crippen molar-refractivity contribution in [2.45, 2.75) is 29.5 Å². The number of carbonyl (C=O) groups is 2. The van der Waals surface area contributed by atoms with Gasteiger partial charge in [0.15, 0.2) is 0 Å². The van der Waals surface area contributed by atoms with Gasteiger partial charge >= 0.3 is 6.03 Å². The minimum absolute atomic E-state index is 0.0758. The molecule has 0 aliphatic carbocycles. The number of hydrogen-bond acceptors (Lipinski definition) is 4. The highest BCUT2D eigenvalue weighted by Gasteiger charge is 2.49. The minimum Gasteiger partial charge on any atom is -0.324 e. The highest BCUT2D eigenvalue weighted by molar-refractivity contribution is 8.02. The molecule has 2 aliphatic heterocycles. The second kappa shape index (κ2) is 8.32. The first-order valence-electron chi connectivity index (χ1n) is 9.74. The van der Waals surface area contributed by atoms with Crippen LogP contribution in [0, 0.1) is 6.92 Å². The number of benzene rings is 2. The second-order valence-corrected chi connectivity index (χ2v) is 9.67. The lowest BCUT2D eigenvalue weighted by molar-refractivity contribution is -0.116. The van der Waals surface area contributed by atoms with Gasteiger partial charge in [-0.3, -0.25) is 9.69 Å². The molecule has 0 saturated carbocycles. The fraction of sp³-hybridized carbons (Fsp3) is 0.364. The van der Waals surface area contributed by atoms with E-state index in [-0.39, 0.29) is 16.8 Å². The highest BCUT2D eigenvalue weighted by Crippen LogP contribution is 2.46. The van der Waals surface area contributed by atoms with Gasteiger partial charge in [-0.1, -0.05) is 12.1 Å².